The number of rotatable bonds is 4. The number of hydrogen-bond donors (Lipinski definition) is 2. The van der Waals surface area contributed by atoms with Crippen LogP contribution in [0.4, 0.5) is 8.78 Å². The molecule has 2 rings (SSSR count). The Morgan fingerprint density at radius 1 is 1.45 bits per heavy atom. The second kappa shape index (κ2) is 6.06. The highest BCUT2D eigenvalue weighted by Crippen LogP contribution is 2.48. The highest BCUT2D eigenvalue weighted by Gasteiger charge is 2.45. The van der Waals surface area contributed by atoms with Crippen molar-refractivity contribution in [1.29, 1.82) is 0 Å². The molecule has 0 heterocycles. The Morgan fingerprint density at radius 3 is 2.65 bits per heavy atom. The second-order valence-electron chi connectivity index (χ2n) is 5.82. The summed E-state index contributed by atoms with van der Waals surface area (Å²) in [5.74, 6) is -1.69. The number of benzene rings is 1. The summed E-state index contributed by atoms with van der Waals surface area (Å²) in [6, 6.07) is 3.48. The van der Waals surface area contributed by atoms with Gasteiger partial charge in [0, 0.05) is 24.1 Å². The predicted octanol–water partition coefficient (Wildman–Crippen LogP) is 2.34. The molecule has 112 valence electrons. The van der Waals surface area contributed by atoms with Gasteiger partial charge in [0.2, 0.25) is 5.91 Å². The molecule has 0 bridgehead atoms. The van der Waals surface area contributed by atoms with Gasteiger partial charge in [-0.05, 0) is 37.8 Å². The first-order valence-corrected chi connectivity index (χ1v) is 6.29. The van der Waals surface area contributed by atoms with Crippen LogP contribution in [0.1, 0.15) is 31.7 Å². The normalized spacial score (nSPS) is 21.1. The first-order chi connectivity index (χ1) is 8.78. The number of carbonyl (C=O) groups is 1. The van der Waals surface area contributed by atoms with Gasteiger partial charge in [-0.1, -0.05) is 6.07 Å². The molecule has 1 aliphatic carbocycles. The summed E-state index contributed by atoms with van der Waals surface area (Å²) in [5, 5.41) is 2.75. The Labute approximate surface area is 123 Å². The molecule has 3 N–H and O–H groups in total. The van der Waals surface area contributed by atoms with Gasteiger partial charge in [0.15, 0.2) is 0 Å². The van der Waals surface area contributed by atoms with E-state index in [2.05, 4.69) is 5.32 Å². The molecule has 1 aromatic rings. The first-order valence-electron chi connectivity index (χ1n) is 6.29. The minimum Gasteiger partial charge on any atom is -0.354 e. The molecule has 1 saturated carbocycles. The van der Waals surface area contributed by atoms with Crippen molar-refractivity contribution in [2.24, 2.45) is 11.7 Å². The SMILES string of the molecule is CC(C)(N)CNC(=O)C1CC1c1ccc(F)cc1F.Cl. The summed E-state index contributed by atoms with van der Waals surface area (Å²) < 4.78 is 26.4. The lowest BCUT2D eigenvalue weighted by Crippen LogP contribution is -2.45. The molecule has 1 aliphatic rings. The molecule has 0 aromatic heterocycles. The zero-order valence-corrected chi connectivity index (χ0v) is 12.3. The van der Waals surface area contributed by atoms with E-state index in [0.717, 1.165) is 6.07 Å². The van der Waals surface area contributed by atoms with Crippen molar-refractivity contribution < 1.29 is 13.6 Å². The lowest BCUT2D eigenvalue weighted by Gasteiger charge is -2.18. The lowest BCUT2D eigenvalue weighted by atomic mass is 10.1. The fourth-order valence-electron chi connectivity index (χ4n) is 2.08. The molecular formula is C14H19ClF2N2O. The van der Waals surface area contributed by atoms with Gasteiger partial charge in [-0.3, -0.25) is 4.79 Å². The summed E-state index contributed by atoms with van der Waals surface area (Å²) in [7, 11) is 0. The van der Waals surface area contributed by atoms with Crippen molar-refractivity contribution in [1.82, 2.24) is 5.32 Å². The van der Waals surface area contributed by atoms with E-state index in [0.29, 0.717) is 18.5 Å². The minimum atomic E-state index is -0.604. The zero-order valence-electron chi connectivity index (χ0n) is 11.5. The van der Waals surface area contributed by atoms with Crippen LogP contribution in [0.5, 0.6) is 0 Å². The summed E-state index contributed by atoms with van der Waals surface area (Å²) in [6.07, 6.45) is 0.597. The van der Waals surface area contributed by atoms with Gasteiger partial charge in [0.25, 0.3) is 0 Å². The summed E-state index contributed by atoms with van der Waals surface area (Å²) >= 11 is 0. The van der Waals surface area contributed by atoms with Crippen molar-refractivity contribution in [2.75, 3.05) is 6.54 Å². The van der Waals surface area contributed by atoms with E-state index in [1.54, 1.807) is 0 Å². The number of halogens is 3. The van der Waals surface area contributed by atoms with E-state index in [4.69, 9.17) is 5.73 Å². The lowest BCUT2D eigenvalue weighted by molar-refractivity contribution is -0.122. The molecule has 0 aliphatic heterocycles. The summed E-state index contributed by atoms with van der Waals surface area (Å²) in [6.45, 7) is 4.01. The van der Waals surface area contributed by atoms with Gasteiger partial charge in [-0.15, -0.1) is 12.4 Å². The average molecular weight is 305 g/mol. The maximum absolute atomic E-state index is 13.6. The Hall–Kier alpha value is -1.20. The third-order valence-electron chi connectivity index (χ3n) is 3.21. The molecular weight excluding hydrogens is 286 g/mol. The van der Waals surface area contributed by atoms with Crippen LogP contribution in [0.2, 0.25) is 0 Å². The Morgan fingerprint density at radius 2 is 2.10 bits per heavy atom. The molecule has 1 amide bonds. The smallest absolute Gasteiger partial charge is 0.223 e. The highest BCUT2D eigenvalue weighted by molar-refractivity contribution is 5.85. The van der Waals surface area contributed by atoms with E-state index in [1.165, 1.54) is 12.1 Å². The fourth-order valence-corrected chi connectivity index (χ4v) is 2.08. The molecule has 20 heavy (non-hydrogen) atoms. The van der Waals surface area contributed by atoms with Crippen LogP contribution in [0.25, 0.3) is 0 Å². The zero-order chi connectivity index (χ0) is 14.2. The molecule has 2 atom stereocenters. The van der Waals surface area contributed by atoms with Crippen molar-refractivity contribution in [2.45, 2.75) is 31.7 Å². The molecule has 1 fully saturated rings. The van der Waals surface area contributed by atoms with Crippen LogP contribution in [0.15, 0.2) is 18.2 Å². The van der Waals surface area contributed by atoms with Crippen LogP contribution in [0, 0.1) is 17.6 Å². The second-order valence-corrected chi connectivity index (χ2v) is 5.82. The van der Waals surface area contributed by atoms with Gasteiger partial charge in [-0.2, -0.15) is 0 Å². The van der Waals surface area contributed by atoms with E-state index in [-0.39, 0.29) is 30.2 Å². The van der Waals surface area contributed by atoms with Crippen LogP contribution < -0.4 is 11.1 Å². The Bertz CT molecular complexity index is 502. The van der Waals surface area contributed by atoms with Gasteiger partial charge < -0.3 is 11.1 Å². The van der Waals surface area contributed by atoms with E-state index < -0.39 is 17.2 Å². The van der Waals surface area contributed by atoms with E-state index in [1.807, 2.05) is 13.8 Å². The topological polar surface area (TPSA) is 55.1 Å². The molecule has 0 saturated heterocycles. The van der Waals surface area contributed by atoms with Crippen molar-refractivity contribution in [3.63, 3.8) is 0 Å². The van der Waals surface area contributed by atoms with Crippen LogP contribution >= 0.6 is 12.4 Å². The van der Waals surface area contributed by atoms with Gasteiger partial charge in [0.05, 0.1) is 0 Å². The van der Waals surface area contributed by atoms with Gasteiger partial charge in [-0.25, -0.2) is 8.78 Å². The van der Waals surface area contributed by atoms with Crippen LogP contribution in [0.3, 0.4) is 0 Å². The first kappa shape index (κ1) is 16.9. The van der Waals surface area contributed by atoms with Gasteiger partial charge in [0.1, 0.15) is 11.6 Å². The standard InChI is InChI=1S/C14H18F2N2O.ClH/c1-14(2,17)7-18-13(19)11-6-10(11)9-4-3-8(15)5-12(9)16;/h3-5,10-11H,6-7,17H2,1-2H3,(H,18,19);1H. The quantitative estimate of drug-likeness (QED) is 0.897. The predicted molar refractivity (Wildman–Crippen MR) is 75.7 cm³/mol. The number of nitrogens with two attached hydrogens (primary N) is 1. The Kier molecular flexibility index (Phi) is 5.10. The molecule has 1 aromatic carbocycles. The third kappa shape index (κ3) is 4.15. The third-order valence-corrected chi connectivity index (χ3v) is 3.21. The van der Waals surface area contributed by atoms with Crippen molar-refractivity contribution >= 4 is 18.3 Å². The highest BCUT2D eigenvalue weighted by atomic mass is 35.5. The monoisotopic (exact) mass is 304 g/mol. The minimum absolute atomic E-state index is 0. The molecule has 0 radical (unpaired) electrons. The summed E-state index contributed by atoms with van der Waals surface area (Å²) in [4.78, 5) is 11.9. The molecule has 0 spiro atoms. The Balaban J connectivity index is 0.00000200. The number of nitrogens with one attached hydrogen (secondary N) is 1. The van der Waals surface area contributed by atoms with Crippen molar-refractivity contribution in [3.8, 4) is 0 Å². The number of amides is 1. The number of carbonyl (C=O) groups excluding carboxylic acids is 1. The average Bonchev–Trinajstić information content (AvgIpc) is 3.05. The molecule has 6 heteroatoms. The molecule has 3 nitrogen and oxygen atoms in total. The maximum Gasteiger partial charge on any atom is 0.223 e. The maximum atomic E-state index is 13.6. The molecule has 2 unspecified atom stereocenters. The van der Waals surface area contributed by atoms with E-state index >= 15 is 0 Å². The van der Waals surface area contributed by atoms with Crippen molar-refractivity contribution in [3.05, 3.63) is 35.4 Å². The largest absolute Gasteiger partial charge is 0.354 e. The van der Waals surface area contributed by atoms with Crippen LogP contribution in [-0.2, 0) is 4.79 Å². The number of hydrogen-bond acceptors (Lipinski definition) is 2. The van der Waals surface area contributed by atoms with Gasteiger partial charge >= 0.3 is 0 Å². The summed E-state index contributed by atoms with van der Waals surface area (Å²) in [5.41, 5.74) is 5.71. The van der Waals surface area contributed by atoms with E-state index in [9.17, 15) is 13.6 Å². The van der Waals surface area contributed by atoms with Crippen LogP contribution in [-0.4, -0.2) is 18.0 Å². The fraction of sp³-hybridized carbons (Fsp3) is 0.500.